The van der Waals surface area contributed by atoms with Gasteiger partial charge in [0.05, 0.1) is 7.11 Å². The Bertz CT molecular complexity index is 1070. The van der Waals surface area contributed by atoms with Gasteiger partial charge in [0.1, 0.15) is 23.8 Å². The Kier molecular flexibility index (Phi) is 5.18. The van der Waals surface area contributed by atoms with E-state index in [2.05, 4.69) is 5.32 Å². The molecule has 3 aromatic carbocycles. The highest BCUT2D eigenvalue weighted by Gasteiger charge is 2.26. The van der Waals surface area contributed by atoms with Crippen molar-refractivity contribution in [3.63, 3.8) is 0 Å². The molecular formula is C23H20N2O3S. The minimum atomic E-state index is -0.108. The standard InChI is InChI=1S/C23H20N2O3S/c1-15-12-17(25-14-21(26)24-23(25)29)13-20(16-8-10-18(27-2)11-9-16)22(15)28-19-6-4-3-5-7-19/h3-13H,14H2,1-2H3,(H,24,26,29). The first kappa shape index (κ1) is 19.0. The van der Waals surface area contributed by atoms with Gasteiger partial charge < -0.3 is 19.7 Å². The van der Waals surface area contributed by atoms with Gasteiger partial charge in [-0.2, -0.15) is 0 Å². The predicted molar refractivity (Wildman–Crippen MR) is 118 cm³/mol. The molecule has 0 radical (unpaired) electrons. The fraction of sp³-hybridized carbons (Fsp3) is 0.130. The van der Waals surface area contributed by atoms with Crippen LogP contribution in [0.5, 0.6) is 17.2 Å². The van der Waals surface area contributed by atoms with E-state index in [-0.39, 0.29) is 12.5 Å². The molecule has 146 valence electrons. The number of carbonyl (C=O) groups excluding carboxylic acids is 1. The molecule has 1 fully saturated rings. The molecule has 0 saturated carbocycles. The fourth-order valence-corrected chi connectivity index (χ4v) is 3.57. The summed E-state index contributed by atoms with van der Waals surface area (Å²) in [5, 5.41) is 3.09. The average Bonchev–Trinajstić information content (AvgIpc) is 3.08. The van der Waals surface area contributed by atoms with Crippen LogP contribution in [0.3, 0.4) is 0 Å². The maximum atomic E-state index is 11.8. The third-order valence-electron chi connectivity index (χ3n) is 4.73. The van der Waals surface area contributed by atoms with E-state index in [9.17, 15) is 4.79 Å². The van der Waals surface area contributed by atoms with E-state index in [1.807, 2.05) is 73.7 Å². The van der Waals surface area contributed by atoms with Crippen LogP contribution in [0, 0.1) is 6.92 Å². The number of hydrogen-bond donors (Lipinski definition) is 1. The number of benzene rings is 3. The molecule has 0 unspecified atom stereocenters. The molecule has 1 aliphatic heterocycles. The molecule has 0 bridgehead atoms. The van der Waals surface area contributed by atoms with E-state index in [0.29, 0.717) is 5.11 Å². The van der Waals surface area contributed by atoms with Gasteiger partial charge in [-0.15, -0.1) is 0 Å². The first-order valence-electron chi connectivity index (χ1n) is 9.18. The van der Waals surface area contributed by atoms with E-state index >= 15 is 0 Å². The van der Waals surface area contributed by atoms with Crippen molar-refractivity contribution >= 4 is 28.9 Å². The van der Waals surface area contributed by atoms with Crippen LogP contribution in [0.4, 0.5) is 5.69 Å². The maximum Gasteiger partial charge on any atom is 0.246 e. The van der Waals surface area contributed by atoms with Crippen LogP contribution < -0.4 is 19.7 Å². The van der Waals surface area contributed by atoms with Crippen molar-refractivity contribution in [3.05, 3.63) is 72.3 Å². The smallest absolute Gasteiger partial charge is 0.246 e. The van der Waals surface area contributed by atoms with Gasteiger partial charge in [-0.3, -0.25) is 4.79 Å². The summed E-state index contributed by atoms with van der Waals surface area (Å²) in [5.41, 5.74) is 3.68. The van der Waals surface area contributed by atoms with E-state index < -0.39 is 0 Å². The zero-order valence-corrected chi connectivity index (χ0v) is 17.0. The molecule has 0 spiro atoms. The molecule has 3 aromatic rings. The molecular weight excluding hydrogens is 384 g/mol. The van der Waals surface area contributed by atoms with Gasteiger partial charge in [-0.1, -0.05) is 30.3 Å². The highest BCUT2D eigenvalue weighted by Crippen LogP contribution is 2.40. The van der Waals surface area contributed by atoms with Crippen molar-refractivity contribution in [2.75, 3.05) is 18.6 Å². The first-order valence-corrected chi connectivity index (χ1v) is 9.59. The summed E-state index contributed by atoms with van der Waals surface area (Å²) < 4.78 is 11.5. The number of methoxy groups -OCH3 is 1. The number of thiocarbonyl (C=S) groups is 1. The number of anilines is 1. The SMILES string of the molecule is COc1ccc(-c2cc(N3CC(=O)NC3=S)cc(C)c2Oc2ccccc2)cc1. The molecule has 1 saturated heterocycles. The molecule has 0 aliphatic carbocycles. The summed E-state index contributed by atoms with van der Waals surface area (Å²) in [5.74, 6) is 2.19. The minimum absolute atomic E-state index is 0.108. The van der Waals surface area contributed by atoms with Crippen LogP contribution >= 0.6 is 12.2 Å². The molecule has 5 nitrogen and oxygen atoms in total. The Labute approximate surface area is 174 Å². The normalized spacial score (nSPS) is 13.4. The number of carbonyl (C=O) groups is 1. The molecule has 1 aliphatic rings. The Hall–Kier alpha value is -3.38. The lowest BCUT2D eigenvalue weighted by Gasteiger charge is -2.21. The van der Waals surface area contributed by atoms with Gasteiger partial charge in [0, 0.05) is 11.3 Å². The molecule has 29 heavy (non-hydrogen) atoms. The quantitative estimate of drug-likeness (QED) is 0.626. The van der Waals surface area contributed by atoms with Crippen LogP contribution in [0.15, 0.2) is 66.7 Å². The van der Waals surface area contributed by atoms with Gasteiger partial charge in [0.25, 0.3) is 0 Å². The summed E-state index contributed by atoms with van der Waals surface area (Å²) in [6.45, 7) is 2.20. The zero-order chi connectivity index (χ0) is 20.4. The largest absolute Gasteiger partial charge is 0.497 e. The van der Waals surface area contributed by atoms with Gasteiger partial charge >= 0.3 is 0 Å². The fourth-order valence-electron chi connectivity index (χ4n) is 3.29. The third-order valence-corrected chi connectivity index (χ3v) is 5.05. The van der Waals surface area contributed by atoms with Crippen LogP contribution in [-0.2, 0) is 4.79 Å². The van der Waals surface area contributed by atoms with Crippen molar-refractivity contribution in [2.24, 2.45) is 0 Å². The second-order valence-corrected chi connectivity index (χ2v) is 7.11. The van der Waals surface area contributed by atoms with Crippen LogP contribution in [0.1, 0.15) is 5.56 Å². The minimum Gasteiger partial charge on any atom is -0.497 e. The summed E-state index contributed by atoms with van der Waals surface area (Å²) >= 11 is 5.32. The summed E-state index contributed by atoms with van der Waals surface area (Å²) in [7, 11) is 1.64. The van der Waals surface area contributed by atoms with E-state index in [0.717, 1.165) is 39.6 Å². The van der Waals surface area contributed by atoms with Crippen molar-refractivity contribution in [1.29, 1.82) is 0 Å². The highest BCUT2D eigenvalue weighted by atomic mass is 32.1. The van der Waals surface area contributed by atoms with Gasteiger partial charge in [-0.05, 0) is 66.7 Å². The van der Waals surface area contributed by atoms with E-state index in [1.54, 1.807) is 12.0 Å². The molecule has 0 aromatic heterocycles. The summed E-state index contributed by atoms with van der Waals surface area (Å²) in [4.78, 5) is 13.6. The average molecular weight is 404 g/mol. The van der Waals surface area contributed by atoms with Gasteiger partial charge in [-0.25, -0.2) is 0 Å². The monoisotopic (exact) mass is 404 g/mol. The Morgan fingerprint density at radius 2 is 1.72 bits per heavy atom. The van der Waals surface area contributed by atoms with Crippen LogP contribution in [0.25, 0.3) is 11.1 Å². The molecule has 1 heterocycles. The Balaban J connectivity index is 1.82. The first-order chi connectivity index (χ1) is 14.0. The lowest BCUT2D eigenvalue weighted by atomic mass is 10.00. The predicted octanol–water partition coefficient (Wildman–Crippen LogP) is 4.68. The highest BCUT2D eigenvalue weighted by molar-refractivity contribution is 7.80. The molecule has 6 heteroatoms. The Morgan fingerprint density at radius 3 is 2.34 bits per heavy atom. The van der Waals surface area contributed by atoms with Crippen molar-refractivity contribution in [2.45, 2.75) is 6.92 Å². The number of amides is 1. The lowest BCUT2D eigenvalue weighted by molar-refractivity contribution is -0.117. The third kappa shape index (κ3) is 3.93. The lowest BCUT2D eigenvalue weighted by Crippen LogP contribution is -2.27. The number of ether oxygens (including phenoxy) is 2. The molecule has 1 amide bonds. The topological polar surface area (TPSA) is 50.8 Å². The van der Waals surface area contributed by atoms with Crippen molar-refractivity contribution in [1.82, 2.24) is 5.32 Å². The number of nitrogens with one attached hydrogen (secondary N) is 1. The Morgan fingerprint density at radius 1 is 1.00 bits per heavy atom. The number of hydrogen-bond acceptors (Lipinski definition) is 4. The number of rotatable bonds is 5. The maximum absolute atomic E-state index is 11.8. The van der Waals surface area contributed by atoms with E-state index in [4.69, 9.17) is 21.7 Å². The molecule has 0 atom stereocenters. The van der Waals surface area contributed by atoms with Gasteiger partial charge in [0.2, 0.25) is 5.91 Å². The number of nitrogens with zero attached hydrogens (tertiary/aromatic N) is 1. The summed E-state index contributed by atoms with van der Waals surface area (Å²) in [6, 6.07) is 21.4. The van der Waals surface area contributed by atoms with Gasteiger partial charge in [0.15, 0.2) is 5.11 Å². The van der Waals surface area contributed by atoms with Crippen molar-refractivity contribution in [3.8, 4) is 28.4 Å². The molecule has 4 rings (SSSR count). The number of aryl methyl sites for hydroxylation is 1. The number of para-hydroxylation sites is 1. The van der Waals surface area contributed by atoms with E-state index in [1.165, 1.54) is 0 Å². The van der Waals surface area contributed by atoms with Crippen LogP contribution in [0.2, 0.25) is 0 Å². The van der Waals surface area contributed by atoms with Crippen LogP contribution in [-0.4, -0.2) is 24.7 Å². The summed E-state index contributed by atoms with van der Waals surface area (Å²) in [6.07, 6.45) is 0. The zero-order valence-electron chi connectivity index (χ0n) is 16.1. The second kappa shape index (κ2) is 7.93. The van der Waals surface area contributed by atoms with Crippen molar-refractivity contribution < 1.29 is 14.3 Å². The second-order valence-electron chi connectivity index (χ2n) is 6.72. The molecule has 1 N–H and O–H groups in total.